The van der Waals surface area contributed by atoms with Gasteiger partial charge in [0, 0.05) is 22.8 Å². The van der Waals surface area contributed by atoms with Crippen molar-refractivity contribution in [3.63, 3.8) is 0 Å². The molecule has 0 radical (unpaired) electrons. The maximum atomic E-state index is 11.8. The number of hydrogen-bond donors (Lipinski definition) is 2. The number of rotatable bonds is 5. The molecule has 3 N–H and O–H groups in total. The van der Waals surface area contributed by atoms with Crippen molar-refractivity contribution in [3.05, 3.63) is 35.8 Å². The van der Waals surface area contributed by atoms with E-state index in [1.54, 1.807) is 17.5 Å². The van der Waals surface area contributed by atoms with E-state index in [1.807, 2.05) is 36.6 Å². The topological polar surface area (TPSA) is 68.0 Å². The second kappa shape index (κ2) is 6.45. The van der Waals surface area contributed by atoms with E-state index in [-0.39, 0.29) is 5.91 Å². The van der Waals surface area contributed by atoms with E-state index in [1.165, 1.54) is 0 Å². The minimum atomic E-state index is -0.441. The Bertz CT molecular complexity index is 522. The molecule has 1 atom stereocenters. The van der Waals surface area contributed by atoms with Crippen LogP contribution in [-0.4, -0.2) is 16.9 Å². The summed E-state index contributed by atoms with van der Waals surface area (Å²) in [5.74, 6) is -0.135. The summed E-state index contributed by atoms with van der Waals surface area (Å²) in [6.07, 6.45) is 3.38. The third-order valence-electron chi connectivity index (χ3n) is 2.77. The van der Waals surface area contributed by atoms with Gasteiger partial charge in [0.15, 0.2) is 0 Å². The molecule has 0 saturated heterocycles. The fourth-order valence-corrected chi connectivity index (χ4v) is 2.38. The van der Waals surface area contributed by atoms with Gasteiger partial charge < -0.3 is 11.1 Å². The van der Waals surface area contributed by atoms with Crippen LogP contribution in [0.2, 0.25) is 0 Å². The minimum absolute atomic E-state index is 0.135. The fourth-order valence-electron chi connectivity index (χ4n) is 1.74. The summed E-state index contributed by atoms with van der Waals surface area (Å²) in [5, 5.41) is 5.73. The molecule has 0 aliphatic heterocycles. The predicted octanol–water partition coefficient (Wildman–Crippen LogP) is 2.88. The third-order valence-corrected chi connectivity index (χ3v) is 3.59. The van der Waals surface area contributed by atoms with E-state index in [4.69, 9.17) is 5.73 Å². The number of anilines is 1. The number of nitrogens with one attached hydrogen (secondary N) is 1. The Balaban J connectivity index is 2.01. The van der Waals surface area contributed by atoms with E-state index in [0.29, 0.717) is 6.42 Å². The van der Waals surface area contributed by atoms with Crippen LogP contribution in [0, 0.1) is 0 Å². The number of nitrogens with zero attached hydrogens (tertiary/aromatic N) is 1. The van der Waals surface area contributed by atoms with Gasteiger partial charge in [0.1, 0.15) is 5.01 Å². The van der Waals surface area contributed by atoms with Crippen LogP contribution in [0.15, 0.2) is 35.8 Å². The molecular formula is C14H17N3OS. The summed E-state index contributed by atoms with van der Waals surface area (Å²) in [7, 11) is 0. The number of aromatic nitrogens is 1. The molecule has 19 heavy (non-hydrogen) atoms. The molecule has 5 heteroatoms. The molecule has 0 spiro atoms. The summed E-state index contributed by atoms with van der Waals surface area (Å²) in [6.45, 7) is 2.01. The normalized spacial score (nSPS) is 12.1. The van der Waals surface area contributed by atoms with Crippen LogP contribution >= 0.6 is 11.3 Å². The lowest BCUT2D eigenvalue weighted by molar-refractivity contribution is -0.117. The van der Waals surface area contributed by atoms with Gasteiger partial charge in [-0.3, -0.25) is 4.79 Å². The highest BCUT2D eigenvalue weighted by molar-refractivity contribution is 7.13. The second-order valence-corrected chi connectivity index (χ2v) is 5.19. The van der Waals surface area contributed by atoms with Crippen LogP contribution in [0.1, 0.15) is 19.8 Å². The molecule has 1 aromatic carbocycles. The van der Waals surface area contributed by atoms with Crippen molar-refractivity contribution >= 4 is 22.9 Å². The zero-order valence-corrected chi connectivity index (χ0v) is 11.6. The largest absolute Gasteiger partial charge is 0.325 e. The highest BCUT2D eigenvalue weighted by atomic mass is 32.1. The van der Waals surface area contributed by atoms with Gasteiger partial charge in [-0.05, 0) is 30.7 Å². The standard InChI is InChI=1S/C14H17N3OS/c1-2-3-12(15)13(18)17-11-6-4-10(5-7-11)14-16-8-9-19-14/h4-9,12H,2-3,15H2,1H3,(H,17,18)/t12-/m1/s1. The quantitative estimate of drug-likeness (QED) is 0.881. The first-order valence-electron chi connectivity index (χ1n) is 6.27. The van der Waals surface area contributed by atoms with E-state index in [9.17, 15) is 4.79 Å². The van der Waals surface area contributed by atoms with Crippen LogP contribution in [0.25, 0.3) is 10.6 Å². The first-order valence-corrected chi connectivity index (χ1v) is 7.15. The van der Waals surface area contributed by atoms with E-state index in [2.05, 4.69) is 10.3 Å². The molecule has 1 amide bonds. The molecule has 0 saturated carbocycles. The third kappa shape index (κ3) is 3.62. The lowest BCUT2D eigenvalue weighted by Crippen LogP contribution is -2.35. The van der Waals surface area contributed by atoms with Crippen LogP contribution in [0.3, 0.4) is 0 Å². The molecule has 100 valence electrons. The number of nitrogens with two attached hydrogens (primary N) is 1. The van der Waals surface area contributed by atoms with Gasteiger partial charge in [-0.1, -0.05) is 13.3 Å². The van der Waals surface area contributed by atoms with Crippen molar-refractivity contribution in [1.29, 1.82) is 0 Å². The number of hydrogen-bond acceptors (Lipinski definition) is 4. The van der Waals surface area contributed by atoms with Crippen molar-refractivity contribution < 1.29 is 4.79 Å². The summed E-state index contributed by atoms with van der Waals surface area (Å²) >= 11 is 1.59. The summed E-state index contributed by atoms with van der Waals surface area (Å²) in [5.41, 5.74) is 7.57. The number of carbonyl (C=O) groups excluding carboxylic acids is 1. The molecule has 0 unspecified atom stereocenters. The number of thiazole rings is 1. The van der Waals surface area contributed by atoms with Crippen molar-refractivity contribution in [3.8, 4) is 10.6 Å². The molecule has 0 aliphatic rings. The van der Waals surface area contributed by atoms with E-state index in [0.717, 1.165) is 22.7 Å². The van der Waals surface area contributed by atoms with Gasteiger partial charge in [-0.2, -0.15) is 0 Å². The maximum absolute atomic E-state index is 11.8. The van der Waals surface area contributed by atoms with Crippen LogP contribution in [0.5, 0.6) is 0 Å². The highest BCUT2D eigenvalue weighted by Crippen LogP contribution is 2.23. The zero-order chi connectivity index (χ0) is 13.7. The van der Waals surface area contributed by atoms with Crippen LogP contribution in [-0.2, 0) is 4.79 Å². The Hall–Kier alpha value is -1.72. The van der Waals surface area contributed by atoms with Crippen LogP contribution < -0.4 is 11.1 Å². The molecule has 2 aromatic rings. The minimum Gasteiger partial charge on any atom is -0.325 e. The summed E-state index contributed by atoms with van der Waals surface area (Å²) in [4.78, 5) is 16.0. The van der Waals surface area contributed by atoms with Crippen molar-refractivity contribution in [1.82, 2.24) is 4.98 Å². The molecule has 0 aliphatic carbocycles. The highest BCUT2D eigenvalue weighted by Gasteiger charge is 2.12. The van der Waals surface area contributed by atoms with Gasteiger partial charge >= 0.3 is 0 Å². The number of benzene rings is 1. The van der Waals surface area contributed by atoms with E-state index >= 15 is 0 Å². The zero-order valence-electron chi connectivity index (χ0n) is 10.8. The number of carbonyl (C=O) groups is 1. The van der Waals surface area contributed by atoms with Crippen molar-refractivity contribution in [2.45, 2.75) is 25.8 Å². The fraction of sp³-hybridized carbons (Fsp3) is 0.286. The SMILES string of the molecule is CCC[C@@H](N)C(=O)Nc1ccc(-c2nccs2)cc1. The average molecular weight is 275 g/mol. The average Bonchev–Trinajstić information content (AvgIpc) is 2.94. The Morgan fingerprint density at radius 2 is 2.16 bits per heavy atom. The summed E-state index contributed by atoms with van der Waals surface area (Å²) < 4.78 is 0. The predicted molar refractivity (Wildman–Crippen MR) is 79.1 cm³/mol. The lowest BCUT2D eigenvalue weighted by Gasteiger charge is -2.11. The lowest BCUT2D eigenvalue weighted by atomic mass is 10.1. The molecule has 1 heterocycles. The van der Waals surface area contributed by atoms with Gasteiger partial charge in [0.25, 0.3) is 0 Å². The molecule has 0 fully saturated rings. The van der Waals surface area contributed by atoms with Crippen molar-refractivity contribution in [2.75, 3.05) is 5.32 Å². The molecular weight excluding hydrogens is 258 g/mol. The van der Waals surface area contributed by atoms with Gasteiger partial charge in [0.05, 0.1) is 6.04 Å². The smallest absolute Gasteiger partial charge is 0.241 e. The monoisotopic (exact) mass is 275 g/mol. The van der Waals surface area contributed by atoms with Crippen molar-refractivity contribution in [2.24, 2.45) is 5.73 Å². The van der Waals surface area contributed by atoms with Crippen LogP contribution in [0.4, 0.5) is 5.69 Å². The first kappa shape index (κ1) is 13.7. The Morgan fingerprint density at radius 1 is 1.42 bits per heavy atom. The molecule has 2 rings (SSSR count). The molecule has 1 aromatic heterocycles. The first-order chi connectivity index (χ1) is 9.20. The Labute approximate surface area is 116 Å². The van der Waals surface area contributed by atoms with Gasteiger partial charge in [-0.15, -0.1) is 11.3 Å². The maximum Gasteiger partial charge on any atom is 0.241 e. The molecule has 4 nitrogen and oxygen atoms in total. The Kier molecular flexibility index (Phi) is 4.65. The number of amides is 1. The second-order valence-electron chi connectivity index (χ2n) is 4.30. The van der Waals surface area contributed by atoms with E-state index < -0.39 is 6.04 Å². The van der Waals surface area contributed by atoms with Gasteiger partial charge in [0.2, 0.25) is 5.91 Å². The molecule has 0 bridgehead atoms. The van der Waals surface area contributed by atoms with Gasteiger partial charge in [-0.25, -0.2) is 4.98 Å². The summed E-state index contributed by atoms with van der Waals surface area (Å²) in [6, 6.07) is 7.18. The Morgan fingerprint density at radius 3 is 2.74 bits per heavy atom.